The number of fused-ring (bicyclic) bond motifs is 1. The van der Waals surface area contributed by atoms with E-state index in [-0.39, 0.29) is 5.41 Å². The summed E-state index contributed by atoms with van der Waals surface area (Å²) >= 11 is 3.49. The lowest BCUT2D eigenvalue weighted by Crippen LogP contribution is -2.43. The Labute approximate surface area is 168 Å². The highest BCUT2D eigenvalue weighted by Crippen LogP contribution is 2.24. The molecule has 2 aromatic heterocycles. The molecule has 2 heterocycles. The van der Waals surface area contributed by atoms with Crippen molar-refractivity contribution in [3.8, 4) is 0 Å². The molecule has 2 N–H and O–H groups in total. The van der Waals surface area contributed by atoms with Crippen LogP contribution in [0.15, 0.2) is 58.1 Å². The fourth-order valence-electron chi connectivity index (χ4n) is 2.80. The maximum absolute atomic E-state index is 4.68. The van der Waals surface area contributed by atoms with Gasteiger partial charge in [-0.15, -0.1) is 10.2 Å². The van der Waals surface area contributed by atoms with Crippen molar-refractivity contribution in [2.24, 2.45) is 4.99 Å². The molecule has 0 aliphatic rings. The van der Waals surface area contributed by atoms with E-state index in [1.807, 2.05) is 28.8 Å². The van der Waals surface area contributed by atoms with Crippen molar-refractivity contribution in [1.82, 2.24) is 25.2 Å². The van der Waals surface area contributed by atoms with E-state index in [0.717, 1.165) is 35.0 Å². The minimum atomic E-state index is -0.0293. The summed E-state index contributed by atoms with van der Waals surface area (Å²) < 4.78 is 3.05. The molecule has 7 heteroatoms. The number of hydrogen-bond acceptors (Lipinski definition) is 3. The van der Waals surface area contributed by atoms with Crippen molar-refractivity contribution in [3.05, 3.63) is 64.5 Å². The summed E-state index contributed by atoms with van der Waals surface area (Å²) in [5.41, 5.74) is 2.08. The molecular weight excluding hydrogens is 404 g/mol. The molecule has 0 fully saturated rings. The number of guanidine groups is 1. The molecule has 3 rings (SSSR count). The normalized spacial score (nSPS) is 12.4. The number of halogens is 1. The number of aliphatic imine (C=N–C) groups is 1. The molecule has 0 bridgehead atoms. The summed E-state index contributed by atoms with van der Waals surface area (Å²) in [5, 5.41) is 15.2. The average molecular weight is 429 g/mol. The van der Waals surface area contributed by atoms with Crippen molar-refractivity contribution >= 4 is 27.5 Å². The van der Waals surface area contributed by atoms with Crippen LogP contribution in [0.3, 0.4) is 0 Å². The van der Waals surface area contributed by atoms with Crippen molar-refractivity contribution in [2.75, 3.05) is 13.1 Å². The number of nitrogens with zero attached hydrogens (tertiary/aromatic N) is 4. The second kappa shape index (κ2) is 8.52. The summed E-state index contributed by atoms with van der Waals surface area (Å²) in [6.07, 6.45) is 1.96. The largest absolute Gasteiger partial charge is 0.357 e. The van der Waals surface area contributed by atoms with Crippen LogP contribution >= 0.6 is 15.9 Å². The molecule has 142 valence electrons. The summed E-state index contributed by atoms with van der Waals surface area (Å²) in [6, 6.07) is 14.3. The van der Waals surface area contributed by atoms with E-state index in [1.165, 1.54) is 5.56 Å². The van der Waals surface area contributed by atoms with Crippen LogP contribution < -0.4 is 10.6 Å². The minimum Gasteiger partial charge on any atom is -0.357 e. The van der Waals surface area contributed by atoms with Gasteiger partial charge in [-0.25, -0.2) is 4.99 Å². The zero-order valence-corrected chi connectivity index (χ0v) is 17.5. The van der Waals surface area contributed by atoms with Crippen molar-refractivity contribution in [3.63, 3.8) is 0 Å². The van der Waals surface area contributed by atoms with Gasteiger partial charge in [-0.2, -0.15) is 0 Å². The van der Waals surface area contributed by atoms with Crippen LogP contribution in [0, 0.1) is 0 Å². The lowest BCUT2D eigenvalue weighted by molar-refractivity contribution is 0.508. The van der Waals surface area contributed by atoms with Crippen LogP contribution in [0.25, 0.3) is 5.65 Å². The lowest BCUT2D eigenvalue weighted by Gasteiger charge is -2.27. The molecule has 0 aliphatic heterocycles. The second-order valence-corrected chi connectivity index (χ2v) is 7.90. The molecule has 0 aliphatic carbocycles. The molecule has 0 radical (unpaired) electrons. The highest BCUT2D eigenvalue weighted by molar-refractivity contribution is 9.10. The Morgan fingerprint density at radius 1 is 1.11 bits per heavy atom. The van der Waals surface area contributed by atoms with Gasteiger partial charge in [0.2, 0.25) is 0 Å². The minimum absolute atomic E-state index is 0.0293. The number of nitrogens with one attached hydrogen (secondary N) is 2. The molecule has 0 saturated carbocycles. The smallest absolute Gasteiger partial charge is 0.191 e. The van der Waals surface area contributed by atoms with E-state index in [4.69, 9.17) is 0 Å². The third kappa shape index (κ3) is 4.86. The fraction of sp³-hybridized carbons (Fsp3) is 0.350. The van der Waals surface area contributed by atoms with Gasteiger partial charge in [0, 0.05) is 29.2 Å². The molecule has 1 aromatic carbocycles. The van der Waals surface area contributed by atoms with Gasteiger partial charge < -0.3 is 10.6 Å². The van der Waals surface area contributed by atoms with Crippen LogP contribution in [0.4, 0.5) is 0 Å². The molecule has 0 amide bonds. The molecule has 0 saturated heterocycles. The Morgan fingerprint density at radius 3 is 2.63 bits per heavy atom. The molecule has 3 aromatic rings. The monoisotopic (exact) mass is 428 g/mol. The van der Waals surface area contributed by atoms with Crippen LogP contribution in [0.1, 0.15) is 32.2 Å². The number of rotatable bonds is 6. The van der Waals surface area contributed by atoms with Gasteiger partial charge >= 0.3 is 0 Å². The van der Waals surface area contributed by atoms with E-state index in [9.17, 15) is 0 Å². The van der Waals surface area contributed by atoms with Crippen LogP contribution in [-0.4, -0.2) is 33.6 Å². The Hall–Kier alpha value is -2.41. The predicted octanol–water partition coefficient (Wildman–Crippen LogP) is 3.52. The second-order valence-electron chi connectivity index (χ2n) is 6.98. The Bertz CT molecular complexity index is 914. The maximum atomic E-state index is 4.68. The zero-order chi connectivity index (χ0) is 19.3. The highest BCUT2D eigenvalue weighted by Gasteiger charge is 2.21. The first-order valence-corrected chi connectivity index (χ1v) is 9.86. The standard InChI is InChI=1S/C20H25BrN6/c1-4-22-19(23-13-18-26-25-17-7-5-6-12-27(17)18)24-14-20(2,3)15-8-10-16(21)11-9-15/h5-12H,4,13-14H2,1-3H3,(H2,22,23,24). The predicted molar refractivity (Wildman–Crippen MR) is 113 cm³/mol. The van der Waals surface area contributed by atoms with Crippen molar-refractivity contribution in [1.29, 1.82) is 0 Å². The topological polar surface area (TPSA) is 66.6 Å². The SMILES string of the molecule is CCNC(=NCc1nnc2ccccn12)NCC(C)(C)c1ccc(Br)cc1. The van der Waals surface area contributed by atoms with Crippen LogP contribution in [0.2, 0.25) is 0 Å². The van der Waals surface area contributed by atoms with Gasteiger partial charge in [0.1, 0.15) is 6.54 Å². The third-order valence-electron chi connectivity index (χ3n) is 4.43. The quantitative estimate of drug-likeness (QED) is 0.465. The van der Waals surface area contributed by atoms with Gasteiger partial charge in [-0.1, -0.05) is 48.0 Å². The lowest BCUT2D eigenvalue weighted by atomic mass is 9.85. The van der Waals surface area contributed by atoms with E-state index in [1.54, 1.807) is 0 Å². The van der Waals surface area contributed by atoms with Gasteiger partial charge in [0.05, 0.1) is 0 Å². The summed E-state index contributed by atoms with van der Waals surface area (Å²) in [6.45, 7) is 8.52. The first kappa shape index (κ1) is 19.4. The molecule has 0 atom stereocenters. The summed E-state index contributed by atoms with van der Waals surface area (Å²) in [4.78, 5) is 4.68. The van der Waals surface area contributed by atoms with Crippen LogP contribution in [-0.2, 0) is 12.0 Å². The van der Waals surface area contributed by atoms with E-state index >= 15 is 0 Å². The van der Waals surface area contributed by atoms with Gasteiger partial charge in [0.15, 0.2) is 17.4 Å². The highest BCUT2D eigenvalue weighted by atomic mass is 79.9. The van der Waals surface area contributed by atoms with Gasteiger partial charge in [0.25, 0.3) is 0 Å². The number of benzene rings is 1. The van der Waals surface area contributed by atoms with Gasteiger partial charge in [-0.05, 0) is 36.8 Å². The molecule has 0 unspecified atom stereocenters. The maximum Gasteiger partial charge on any atom is 0.191 e. The summed E-state index contributed by atoms with van der Waals surface area (Å²) in [7, 11) is 0. The van der Waals surface area contributed by atoms with E-state index in [2.05, 4.69) is 86.8 Å². The molecule has 0 spiro atoms. The molecular formula is C20H25BrN6. The number of hydrogen-bond donors (Lipinski definition) is 2. The Morgan fingerprint density at radius 2 is 1.89 bits per heavy atom. The summed E-state index contributed by atoms with van der Waals surface area (Å²) in [5.74, 6) is 1.59. The van der Waals surface area contributed by atoms with Crippen LogP contribution in [0.5, 0.6) is 0 Å². The van der Waals surface area contributed by atoms with E-state index in [0.29, 0.717) is 6.54 Å². The van der Waals surface area contributed by atoms with Gasteiger partial charge in [-0.3, -0.25) is 4.40 Å². The van der Waals surface area contributed by atoms with Crippen molar-refractivity contribution in [2.45, 2.75) is 32.7 Å². The fourth-order valence-corrected chi connectivity index (χ4v) is 3.06. The zero-order valence-electron chi connectivity index (χ0n) is 15.9. The first-order valence-electron chi connectivity index (χ1n) is 9.06. The van der Waals surface area contributed by atoms with E-state index < -0.39 is 0 Å². The molecule has 27 heavy (non-hydrogen) atoms. The Balaban J connectivity index is 1.69. The average Bonchev–Trinajstić information content (AvgIpc) is 3.08. The molecule has 6 nitrogen and oxygen atoms in total. The Kier molecular flexibility index (Phi) is 6.11. The number of pyridine rings is 1. The third-order valence-corrected chi connectivity index (χ3v) is 4.96. The number of aromatic nitrogens is 3. The first-order chi connectivity index (χ1) is 13.0. The van der Waals surface area contributed by atoms with Crippen molar-refractivity contribution < 1.29 is 0 Å².